The number of nitriles is 1. The molecule has 0 aromatic carbocycles. The normalized spacial score (nSPS) is 16.4. The van der Waals surface area contributed by atoms with Crippen molar-refractivity contribution in [2.24, 2.45) is 0 Å². The fraction of sp³-hybridized carbons (Fsp3) is 0.344. The number of anilines is 1. The molecule has 0 bridgehead atoms. The fourth-order valence-electron chi connectivity index (χ4n) is 6.09. The van der Waals surface area contributed by atoms with Crippen molar-refractivity contribution in [3.8, 4) is 34.2 Å². The molecule has 0 saturated carbocycles. The lowest BCUT2D eigenvalue weighted by atomic mass is 10.0. The van der Waals surface area contributed by atoms with Gasteiger partial charge in [-0.3, -0.25) is 9.58 Å². The molecule has 2 fully saturated rings. The van der Waals surface area contributed by atoms with Crippen LogP contribution in [0.25, 0.3) is 27.8 Å². The van der Waals surface area contributed by atoms with Gasteiger partial charge in [-0.2, -0.15) is 15.5 Å². The summed E-state index contributed by atoms with van der Waals surface area (Å²) in [6, 6.07) is 13.0. The quantitative estimate of drug-likeness (QED) is 0.310. The lowest BCUT2D eigenvalue weighted by Crippen LogP contribution is -2.46. The van der Waals surface area contributed by atoms with Crippen LogP contribution >= 0.6 is 0 Å². The summed E-state index contributed by atoms with van der Waals surface area (Å²) in [5, 5.41) is 22.5. The number of hydrogen-bond acceptors (Lipinski definition) is 9. The Kier molecular flexibility index (Phi) is 7.45. The number of methoxy groups -OCH3 is 1. The molecule has 2 saturated heterocycles. The van der Waals surface area contributed by atoms with E-state index in [1.807, 2.05) is 30.9 Å². The van der Waals surface area contributed by atoms with Crippen molar-refractivity contribution >= 4 is 11.3 Å². The van der Waals surface area contributed by atoms with Gasteiger partial charge in [-0.25, -0.2) is 14.5 Å². The number of nitrogens with one attached hydrogen (secondary N) is 1. The SMILES string of the molecule is COc1ccc(CN2CCN(c3ccc(-c4cc(-c5cnn(C6CCNCC6)c5)cn5ncc(C#N)c45)cn3)CC2)cn1. The van der Waals surface area contributed by atoms with E-state index >= 15 is 0 Å². The van der Waals surface area contributed by atoms with Gasteiger partial charge in [0.2, 0.25) is 5.88 Å². The third-order valence-electron chi connectivity index (χ3n) is 8.52. The Bertz CT molecular complexity index is 1740. The second kappa shape index (κ2) is 11.8. The molecule has 0 radical (unpaired) electrons. The lowest BCUT2D eigenvalue weighted by molar-refractivity contribution is 0.249. The van der Waals surface area contributed by atoms with Crippen LogP contribution in [0.2, 0.25) is 0 Å². The standard InChI is InChI=1S/C32H34N10O/c1-43-31-5-2-23(16-36-31)20-39-10-12-40(13-11-39)30-4-3-24(17-35-30)29-14-25(21-42-32(29)26(15-33)18-38-42)27-19-37-41(22-27)28-6-8-34-9-7-28/h2-5,14,16-19,21-22,28,34H,6-13,20H2,1H3. The highest BCUT2D eigenvalue weighted by molar-refractivity contribution is 5.87. The first-order chi connectivity index (χ1) is 21.2. The number of fused-ring (bicyclic) bond motifs is 1. The Hall–Kier alpha value is -4.79. The summed E-state index contributed by atoms with van der Waals surface area (Å²) in [7, 11) is 1.63. The van der Waals surface area contributed by atoms with Crippen molar-refractivity contribution in [2.45, 2.75) is 25.4 Å². The second-order valence-corrected chi connectivity index (χ2v) is 11.2. The number of hydrogen-bond donors (Lipinski definition) is 1. The minimum Gasteiger partial charge on any atom is -0.481 e. The molecule has 7 heterocycles. The molecule has 0 amide bonds. The molecule has 0 atom stereocenters. The third kappa shape index (κ3) is 5.55. The van der Waals surface area contributed by atoms with E-state index < -0.39 is 0 Å². The summed E-state index contributed by atoms with van der Waals surface area (Å²) in [6.45, 7) is 6.60. The first-order valence-electron chi connectivity index (χ1n) is 14.8. The minimum absolute atomic E-state index is 0.408. The Morgan fingerprint density at radius 3 is 2.49 bits per heavy atom. The van der Waals surface area contributed by atoms with E-state index in [2.05, 4.69) is 66.4 Å². The summed E-state index contributed by atoms with van der Waals surface area (Å²) >= 11 is 0. The second-order valence-electron chi connectivity index (χ2n) is 11.2. The molecule has 0 unspecified atom stereocenters. The van der Waals surface area contributed by atoms with Crippen molar-refractivity contribution in [1.29, 1.82) is 5.26 Å². The highest BCUT2D eigenvalue weighted by atomic mass is 16.5. The van der Waals surface area contributed by atoms with E-state index in [0.29, 0.717) is 17.5 Å². The van der Waals surface area contributed by atoms with Crippen LogP contribution in [-0.2, 0) is 6.54 Å². The van der Waals surface area contributed by atoms with Crippen LogP contribution in [0.4, 0.5) is 5.82 Å². The van der Waals surface area contributed by atoms with Gasteiger partial charge in [0.05, 0.1) is 36.6 Å². The van der Waals surface area contributed by atoms with Gasteiger partial charge >= 0.3 is 0 Å². The first kappa shape index (κ1) is 27.1. The summed E-state index contributed by atoms with van der Waals surface area (Å²) in [5.41, 5.74) is 6.42. The number of piperazine rings is 1. The Labute approximate surface area is 250 Å². The van der Waals surface area contributed by atoms with Gasteiger partial charge in [0.15, 0.2) is 0 Å². The van der Waals surface area contributed by atoms with Gasteiger partial charge in [0.25, 0.3) is 0 Å². The lowest BCUT2D eigenvalue weighted by Gasteiger charge is -2.35. The van der Waals surface area contributed by atoms with Crippen molar-refractivity contribution in [2.75, 3.05) is 51.3 Å². The number of pyridine rings is 3. The molecule has 0 spiro atoms. The van der Waals surface area contributed by atoms with Crippen LogP contribution in [-0.4, -0.2) is 80.6 Å². The number of ether oxygens (including phenoxy) is 1. The van der Waals surface area contributed by atoms with Crippen molar-refractivity contribution < 1.29 is 4.74 Å². The predicted molar refractivity (Wildman–Crippen MR) is 164 cm³/mol. The maximum Gasteiger partial charge on any atom is 0.212 e. The Morgan fingerprint density at radius 2 is 1.77 bits per heavy atom. The minimum atomic E-state index is 0.408. The summed E-state index contributed by atoms with van der Waals surface area (Å²) in [6.07, 6.45) is 13.6. The number of piperidine rings is 1. The topological polar surface area (TPSA) is 112 Å². The summed E-state index contributed by atoms with van der Waals surface area (Å²) in [5.74, 6) is 1.59. The van der Waals surface area contributed by atoms with Crippen molar-refractivity contribution in [3.05, 3.63) is 78.6 Å². The number of nitrogens with zero attached hydrogens (tertiary/aromatic N) is 9. The van der Waals surface area contributed by atoms with Crippen molar-refractivity contribution in [3.63, 3.8) is 0 Å². The maximum absolute atomic E-state index is 9.83. The average Bonchev–Trinajstić information content (AvgIpc) is 3.74. The van der Waals surface area contributed by atoms with Gasteiger partial charge in [-0.15, -0.1) is 0 Å². The Balaban J connectivity index is 1.10. The molecule has 2 aliphatic heterocycles. The largest absolute Gasteiger partial charge is 0.481 e. The van der Waals surface area contributed by atoms with E-state index in [9.17, 15) is 5.26 Å². The first-order valence-corrected chi connectivity index (χ1v) is 14.8. The monoisotopic (exact) mass is 574 g/mol. The zero-order valence-corrected chi connectivity index (χ0v) is 24.2. The van der Waals surface area contributed by atoms with Gasteiger partial charge in [-0.05, 0) is 49.7 Å². The van der Waals surface area contributed by atoms with E-state index in [4.69, 9.17) is 14.8 Å². The summed E-state index contributed by atoms with van der Waals surface area (Å²) in [4.78, 5) is 14.0. The van der Waals surface area contributed by atoms with E-state index in [1.165, 1.54) is 5.56 Å². The third-order valence-corrected chi connectivity index (χ3v) is 8.52. The molecule has 1 N–H and O–H groups in total. The highest BCUT2D eigenvalue weighted by Crippen LogP contribution is 2.33. The van der Waals surface area contributed by atoms with Crippen LogP contribution < -0.4 is 15.0 Å². The van der Waals surface area contributed by atoms with Gasteiger partial charge < -0.3 is 15.0 Å². The predicted octanol–water partition coefficient (Wildman–Crippen LogP) is 3.78. The molecule has 5 aromatic rings. The van der Waals surface area contributed by atoms with E-state index in [1.54, 1.807) is 17.8 Å². The fourth-order valence-corrected chi connectivity index (χ4v) is 6.09. The van der Waals surface area contributed by atoms with Crippen LogP contribution in [0, 0.1) is 11.3 Å². The molecular formula is C32H34N10O. The molecule has 5 aromatic heterocycles. The van der Waals surface area contributed by atoms with Gasteiger partial charge in [0.1, 0.15) is 11.9 Å². The van der Waals surface area contributed by atoms with Crippen molar-refractivity contribution in [1.82, 2.24) is 39.6 Å². The molecule has 11 nitrogen and oxygen atoms in total. The van der Waals surface area contributed by atoms with Gasteiger partial charge in [0, 0.05) is 85.8 Å². The molecule has 7 rings (SSSR count). The molecule has 218 valence electrons. The van der Waals surface area contributed by atoms with E-state index in [-0.39, 0.29) is 0 Å². The van der Waals surface area contributed by atoms with Gasteiger partial charge in [-0.1, -0.05) is 6.07 Å². The smallest absolute Gasteiger partial charge is 0.212 e. The van der Waals surface area contributed by atoms with Crippen LogP contribution in [0.1, 0.15) is 30.0 Å². The zero-order valence-electron chi connectivity index (χ0n) is 24.2. The zero-order chi connectivity index (χ0) is 29.2. The number of aromatic nitrogens is 6. The van der Waals surface area contributed by atoms with Crippen LogP contribution in [0.5, 0.6) is 5.88 Å². The van der Waals surface area contributed by atoms with E-state index in [0.717, 1.165) is 92.2 Å². The molecule has 2 aliphatic rings. The van der Waals surface area contributed by atoms with Crippen LogP contribution in [0.15, 0.2) is 67.5 Å². The molecule has 11 heteroatoms. The Morgan fingerprint density at radius 1 is 0.907 bits per heavy atom. The molecule has 0 aliphatic carbocycles. The summed E-state index contributed by atoms with van der Waals surface area (Å²) < 4.78 is 9.07. The number of rotatable bonds is 7. The van der Waals surface area contributed by atoms with Crippen LogP contribution in [0.3, 0.4) is 0 Å². The molecular weight excluding hydrogens is 540 g/mol. The highest BCUT2D eigenvalue weighted by Gasteiger charge is 2.21. The molecule has 43 heavy (non-hydrogen) atoms. The average molecular weight is 575 g/mol. The maximum atomic E-state index is 9.83.